The van der Waals surface area contributed by atoms with Crippen LogP contribution >= 0.6 is 0 Å². The topological polar surface area (TPSA) is 65.4 Å². The Hall–Kier alpha value is -3.02. The molecule has 4 rings (SSSR count). The van der Waals surface area contributed by atoms with Gasteiger partial charge in [-0.25, -0.2) is 4.98 Å². The zero-order valence-electron chi connectivity index (χ0n) is 17.5. The minimum atomic E-state index is 0.188. The lowest BCUT2D eigenvalue weighted by atomic mass is 10.2. The number of nitrogens with zero attached hydrogens (tertiary/aromatic N) is 2. The Labute approximate surface area is 177 Å². The first kappa shape index (κ1) is 20.3. The minimum Gasteiger partial charge on any atom is -0.497 e. The van der Waals surface area contributed by atoms with E-state index >= 15 is 0 Å². The number of aromatic nitrogens is 2. The highest BCUT2D eigenvalue weighted by Gasteiger charge is 2.29. The van der Waals surface area contributed by atoms with Gasteiger partial charge in [-0.2, -0.15) is 0 Å². The van der Waals surface area contributed by atoms with Crippen LogP contribution in [0.15, 0.2) is 48.5 Å². The van der Waals surface area contributed by atoms with E-state index in [9.17, 15) is 4.79 Å². The van der Waals surface area contributed by atoms with E-state index in [1.165, 1.54) is 0 Å². The molecule has 1 heterocycles. The molecule has 1 aliphatic rings. The third kappa shape index (κ3) is 5.12. The van der Waals surface area contributed by atoms with Crippen LogP contribution in [0.3, 0.4) is 0 Å². The van der Waals surface area contributed by atoms with E-state index in [1.807, 2.05) is 42.5 Å². The minimum absolute atomic E-state index is 0.188. The molecule has 0 bridgehead atoms. The van der Waals surface area contributed by atoms with Gasteiger partial charge in [-0.15, -0.1) is 0 Å². The first-order valence-electron chi connectivity index (χ1n) is 10.7. The summed E-state index contributed by atoms with van der Waals surface area (Å²) >= 11 is 0. The van der Waals surface area contributed by atoms with Crippen molar-refractivity contribution in [3.8, 4) is 11.5 Å². The second-order valence-electron chi connectivity index (χ2n) is 7.71. The molecule has 0 atom stereocenters. The molecule has 158 valence electrons. The van der Waals surface area contributed by atoms with E-state index < -0.39 is 0 Å². The monoisotopic (exact) mass is 407 g/mol. The van der Waals surface area contributed by atoms with E-state index in [-0.39, 0.29) is 11.8 Å². The lowest BCUT2D eigenvalue weighted by Gasteiger charge is -2.11. The highest BCUT2D eigenvalue weighted by molar-refractivity contribution is 5.80. The van der Waals surface area contributed by atoms with Crippen LogP contribution in [0, 0.1) is 5.92 Å². The molecule has 1 fully saturated rings. The predicted molar refractivity (Wildman–Crippen MR) is 117 cm³/mol. The molecule has 2 aromatic carbocycles. The summed E-state index contributed by atoms with van der Waals surface area (Å²) < 4.78 is 13.3. The molecule has 0 spiro atoms. The lowest BCUT2D eigenvalue weighted by molar-refractivity contribution is -0.122. The number of aryl methyl sites for hydroxylation is 1. The van der Waals surface area contributed by atoms with E-state index in [4.69, 9.17) is 14.5 Å². The van der Waals surface area contributed by atoms with Crippen molar-refractivity contribution in [2.24, 2.45) is 5.92 Å². The Balaban J connectivity index is 1.29. The summed E-state index contributed by atoms with van der Waals surface area (Å²) in [4.78, 5) is 16.7. The molecule has 0 saturated heterocycles. The summed E-state index contributed by atoms with van der Waals surface area (Å²) in [6, 6.07) is 15.9. The number of benzene rings is 2. The average molecular weight is 408 g/mol. The van der Waals surface area contributed by atoms with Crippen LogP contribution in [-0.4, -0.2) is 35.7 Å². The van der Waals surface area contributed by atoms with Crippen LogP contribution in [0.2, 0.25) is 0 Å². The normalized spacial score (nSPS) is 13.4. The van der Waals surface area contributed by atoms with Crippen LogP contribution in [0.1, 0.15) is 31.5 Å². The maximum atomic E-state index is 11.9. The van der Waals surface area contributed by atoms with Gasteiger partial charge >= 0.3 is 0 Å². The first-order valence-corrected chi connectivity index (χ1v) is 10.7. The van der Waals surface area contributed by atoms with Crippen LogP contribution < -0.4 is 14.8 Å². The van der Waals surface area contributed by atoms with E-state index in [1.54, 1.807) is 7.11 Å². The molecule has 1 saturated carbocycles. The largest absolute Gasteiger partial charge is 0.497 e. The molecule has 0 unspecified atom stereocenters. The molecular formula is C24H29N3O3. The van der Waals surface area contributed by atoms with Crippen molar-refractivity contribution in [2.45, 2.75) is 38.6 Å². The fraction of sp³-hybridized carbons (Fsp3) is 0.417. The smallest absolute Gasteiger partial charge is 0.223 e. The van der Waals surface area contributed by atoms with Gasteiger partial charge in [-0.3, -0.25) is 4.79 Å². The van der Waals surface area contributed by atoms with Crippen molar-refractivity contribution < 1.29 is 14.3 Å². The molecule has 3 aromatic rings. The average Bonchev–Trinajstić information content (AvgIpc) is 3.57. The van der Waals surface area contributed by atoms with Gasteiger partial charge < -0.3 is 19.4 Å². The summed E-state index contributed by atoms with van der Waals surface area (Å²) in [5, 5.41) is 3.05. The number of methoxy groups -OCH3 is 1. The van der Waals surface area contributed by atoms with Crippen molar-refractivity contribution in [2.75, 3.05) is 20.3 Å². The molecule has 1 amide bonds. The quantitative estimate of drug-likeness (QED) is 0.489. The third-order valence-corrected chi connectivity index (χ3v) is 5.43. The van der Waals surface area contributed by atoms with Crippen LogP contribution in [0.5, 0.6) is 11.5 Å². The molecule has 1 aliphatic carbocycles. The first-order chi connectivity index (χ1) is 14.7. The van der Waals surface area contributed by atoms with Crippen LogP contribution in [0.4, 0.5) is 0 Å². The summed E-state index contributed by atoms with van der Waals surface area (Å²) in [7, 11) is 1.66. The molecule has 1 N–H and O–H groups in total. The summed E-state index contributed by atoms with van der Waals surface area (Å²) in [5.41, 5.74) is 2.16. The number of para-hydroxylation sites is 2. The Bertz CT molecular complexity index is 977. The number of imidazole rings is 1. The second-order valence-corrected chi connectivity index (χ2v) is 7.71. The van der Waals surface area contributed by atoms with E-state index in [0.29, 0.717) is 13.2 Å². The number of hydrogen-bond donors (Lipinski definition) is 1. The van der Waals surface area contributed by atoms with Crippen molar-refractivity contribution in [3.63, 3.8) is 0 Å². The number of rotatable bonds is 11. The molecule has 30 heavy (non-hydrogen) atoms. The van der Waals surface area contributed by atoms with Crippen molar-refractivity contribution in [1.82, 2.24) is 14.9 Å². The van der Waals surface area contributed by atoms with Gasteiger partial charge in [-0.05, 0) is 62.1 Å². The lowest BCUT2D eigenvalue weighted by Crippen LogP contribution is -2.27. The second kappa shape index (κ2) is 9.65. The number of nitrogens with one attached hydrogen (secondary N) is 1. The van der Waals surface area contributed by atoms with Crippen molar-refractivity contribution >= 4 is 16.9 Å². The van der Waals surface area contributed by atoms with Gasteiger partial charge in [0.25, 0.3) is 0 Å². The van der Waals surface area contributed by atoms with E-state index in [2.05, 4.69) is 16.0 Å². The maximum Gasteiger partial charge on any atom is 0.223 e. The number of carbonyl (C=O) groups excluding carboxylic acids is 1. The number of carbonyl (C=O) groups is 1. The summed E-state index contributed by atoms with van der Waals surface area (Å²) in [6.07, 6.45) is 4.76. The summed E-state index contributed by atoms with van der Waals surface area (Å²) in [5.74, 6) is 3.15. The zero-order valence-corrected chi connectivity index (χ0v) is 17.5. The van der Waals surface area contributed by atoms with Gasteiger partial charge in [0.05, 0.1) is 24.8 Å². The van der Waals surface area contributed by atoms with Gasteiger partial charge in [0.15, 0.2) is 0 Å². The SMILES string of the molecule is COc1ccc(OCCCCn2c(CCNC(=O)C3CC3)nc3ccccc32)cc1. The Morgan fingerprint density at radius 2 is 1.87 bits per heavy atom. The fourth-order valence-corrected chi connectivity index (χ4v) is 3.59. The number of amides is 1. The standard InChI is InChI=1S/C24H29N3O3/c1-29-19-10-12-20(13-11-19)30-17-5-4-16-27-22-7-3-2-6-21(22)26-23(27)14-15-25-24(28)18-8-9-18/h2-3,6-7,10-13,18H,4-5,8-9,14-17H2,1H3,(H,25,28). The molecule has 6 nitrogen and oxygen atoms in total. The van der Waals surface area contributed by atoms with Crippen molar-refractivity contribution in [1.29, 1.82) is 0 Å². The van der Waals surface area contributed by atoms with Crippen LogP contribution in [0.25, 0.3) is 11.0 Å². The number of ether oxygens (including phenoxy) is 2. The summed E-state index contributed by atoms with van der Waals surface area (Å²) in [6.45, 7) is 2.20. The van der Waals surface area contributed by atoms with Gasteiger partial charge in [0.2, 0.25) is 5.91 Å². The predicted octanol–water partition coefficient (Wildman–Crippen LogP) is 3.97. The molecule has 0 aliphatic heterocycles. The highest BCUT2D eigenvalue weighted by atomic mass is 16.5. The fourth-order valence-electron chi connectivity index (χ4n) is 3.59. The Kier molecular flexibility index (Phi) is 6.52. The van der Waals surface area contributed by atoms with Crippen molar-refractivity contribution in [3.05, 3.63) is 54.4 Å². The van der Waals surface area contributed by atoms with E-state index in [0.717, 1.165) is 67.0 Å². The molecule has 1 aromatic heterocycles. The Morgan fingerprint density at radius 1 is 1.10 bits per heavy atom. The molecule has 6 heteroatoms. The van der Waals surface area contributed by atoms with Gasteiger partial charge in [-0.1, -0.05) is 12.1 Å². The number of fused-ring (bicyclic) bond motifs is 1. The van der Waals surface area contributed by atoms with Crippen LogP contribution in [-0.2, 0) is 17.8 Å². The molecule has 0 radical (unpaired) electrons. The maximum absolute atomic E-state index is 11.9. The third-order valence-electron chi connectivity index (χ3n) is 5.43. The number of hydrogen-bond acceptors (Lipinski definition) is 4. The van der Waals surface area contributed by atoms with Gasteiger partial charge in [0.1, 0.15) is 17.3 Å². The van der Waals surface area contributed by atoms with Gasteiger partial charge in [0, 0.05) is 25.4 Å². The highest BCUT2D eigenvalue weighted by Crippen LogP contribution is 2.28. The molecular weight excluding hydrogens is 378 g/mol. The zero-order chi connectivity index (χ0) is 20.8. The Morgan fingerprint density at radius 3 is 2.63 bits per heavy atom. The number of unbranched alkanes of at least 4 members (excludes halogenated alkanes) is 1.